The van der Waals surface area contributed by atoms with Gasteiger partial charge in [0.25, 0.3) is 0 Å². The van der Waals surface area contributed by atoms with Crippen molar-refractivity contribution in [2.75, 3.05) is 52.5 Å². The predicted octanol–water partition coefficient (Wildman–Crippen LogP) is 8.58. The molecule has 0 saturated heterocycles. The molecular weight excluding hydrogens is 1080 g/mol. The molecule has 0 amide bonds. The number of rotatable bonds is 22. The molecule has 67 heavy (non-hydrogen) atoms. The number of hydrogen-bond donors (Lipinski definition) is 2. The number of para-hydroxylation sites is 2. The monoisotopic (exact) mass is 1150 g/mol. The normalized spacial score (nSPS) is 12.3. The number of carbonyl (C=O) groups excluding carboxylic acids is 2. The Balaban J connectivity index is -0.000000924. The number of unbranched alkanes of at least 4 members (excludes halogenated alkanes) is 2. The molecule has 0 aliphatic carbocycles. The maximum Gasteiger partial charge on any atom is 0.513 e. The fourth-order valence-corrected chi connectivity index (χ4v) is 6.98. The second-order valence-electron chi connectivity index (χ2n) is 13.7. The summed E-state index contributed by atoms with van der Waals surface area (Å²) in [6, 6.07) is 14.0. The Labute approximate surface area is 420 Å². The van der Waals surface area contributed by atoms with Crippen molar-refractivity contribution in [1.29, 1.82) is 0 Å². The third-order valence-corrected chi connectivity index (χ3v) is 11.0. The number of hydrogen-bond acceptors (Lipinski definition) is 11. The van der Waals surface area contributed by atoms with Crippen LogP contribution in [0.4, 0.5) is 22.0 Å². The van der Waals surface area contributed by atoms with Gasteiger partial charge < -0.3 is 62.6 Å². The quantitative estimate of drug-likeness (QED) is 0.0188. The van der Waals surface area contributed by atoms with E-state index in [-0.39, 0.29) is 48.3 Å². The zero-order chi connectivity index (χ0) is 50.9. The molecular formula is C44H70Cl2F5IN4O9P2. The van der Waals surface area contributed by atoms with E-state index >= 15 is 0 Å². The van der Waals surface area contributed by atoms with Gasteiger partial charge in [0.1, 0.15) is 17.5 Å². The van der Waals surface area contributed by atoms with Crippen LogP contribution in [0.5, 0.6) is 17.2 Å². The number of carbonyl (C=O) groups is 2. The van der Waals surface area contributed by atoms with Crippen LogP contribution in [0, 0.1) is 29.1 Å². The molecule has 3 aromatic rings. The van der Waals surface area contributed by atoms with Gasteiger partial charge in [-0.25, -0.2) is 27.1 Å². The summed E-state index contributed by atoms with van der Waals surface area (Å²) in [7, 11) is -4.91. The van der Waals surface area contributed by atoms with Gasteiger partial charge in [-0.3, -0.25) is 4.79 Å². The van der Waals surface area contributed by atoms with E-state index in [0.29, 0.717) is 18.8 Å². The van der Waals surface area contributed by atoms with Crippen molar-refractivity contribution in [2.45, 2.75) is 107 Å². The molecule has 1 unspecified atom stereocenters. The van der Waals surface area contributed by atoms with E-state index in [4.69, 9.17) is 36.5 Å². The first-order valence-corrected chi connectivity index (χ1v) is 26.7. The number of halogens is 8. The van der Waals surface area contributed by atoms with E-state index in [1.807, 2.05) is 6.92 Å². The minimum absolute atomic E-state index is 0. The molecule has 13 nitrogen and oxygen atoms in total. The van der Waals surface area contributed by atoms with Crippen LogP contribution in [-0.4, -0.2) is 86.3 Å². The summed E-state index contributed by atoms with van der Waals surface area (Å²) < 4.78 is 116. The Morgan fingerprint density at radius 1 is 0.597 bits per heavy atom. The Morgan fingerprint density at radius 3 is 1.25 bits per heavy atom. The molecule has 0 heterocycles. The highest BCUT2D eigenvalue weighted by molar-refractivity contribution is 8.05. The minimum atomic E-state index is -4.91. The first-order valence-electron chi connectivity index (χ1n) is 21.7. The van der Waals surface area contributed by atoms with E-state index in [1.165, 1.54) is 70.5 Å². The van der Waals surface area contributed by atoms with E-state index in [1.54, 1.807) is 43.3 Å². The second-order valence-corrected chi connectivity index (χ2v) is 19.6. The van der Waals surface area contributed by atoms with Gasteiger partial charge in [0.05, 0.1) is 13.2 Å². The lowest BCUT2D eigenvalue weighted by molar-refractivity contribution is -0.402. The molecule has 4 N–H and O–H groups in total. The maximum absolute atomic E-state index is 14.0. The lowest BCUT2D eigenvalue weighted by Crippen LogP contribution is -3.00. The van der Waals surface area contributed by atoms with Gasteiger partial charge in [0.2, 0.25) is 34.8 Å². The molecule has 0 spiro atoms. The Morgan fingerprint density at radius 2 is 0.940 bits per heavy atom. The average Bonchev–Trinajstić information content (AvgIpc) is 3.28. The number of quaternary nitrogens is 1. The zero-order valence-corrected chi connectivity index (χ0v) is 45.6. The van der Waals surface area contributed by atoms with Crippen LogP contribution in [0.1, 0.15) is 94.9 Å². The van der Waals surface area contributed by atoms with E-state index < -0.39 is 60.7 Å². The number of nitrogens with one attached hydrogen (secondary N) is 1. The minimum Gasteiger partial charge on any atom is -1.00 e. The summed E-state index contributed by atoms with van der Waals surface area (Å²) in [6.07, 6.45) is -0.162. The summed E-state index contributed by atoms with van der Waals surface area (Å²) >= 11 is 10.3. The van der Waals surface area contributed by atoms with Crippen molar-refractivity contribution in [3.05, 3.63) is 89.7 Å². The third kappa shape index (κ3) is 31.2. The van der Waals surface area contributed by atoms with Gasteiger partial charge in [-0.1, -0.05) is 105 Å². The molecule has 0 bridgehead atoms. The van der Waals surface area contributed by atoms with Gasteiger partial charge in [0.15, 0.2) is 6.04 Å². The summed E-state index contributed by atoms with van der Waals surface area (Å²) in [6.45, 7) is 27.7. The summed E-state index contributed by atoms with van der Waals surface area (Å²) in [5, 5.41) is 2.09. The van der Waals surface area contributed by atoms with Crippen LogP contribution in [0.2, 0.25) is 0 Å². The first-order chi connectivity index (χ1) is 31.0. The van der Waals surface area contributed by atoms with Gasteiger partial charge in [-0.15, -0.1) is 0 Å². The lowest BCUT2D eigenvalue weighted by Gasteiger charge is -2.23. The Bertz CT molecular complexity index is 1830. The standard InChI is InChI=1S/C19H19F5NO5P.C7H15NO2.C6H5Cl2O2P.2C6H15N.HI/c1-3-4-10-28-19(26)11(2)25-31(27,29-12-8-6-5-7-9-12)30-18-16(23)14(21)13(20)15(22)17(18)24;1-3-4-5-10-7(9)6(2)8;7-11(8,9)10-6-4-2-1-3-5-6;2*1-4-7(5-2)6-3;/h5-9,11H,3-4,10H2,1-2H3,(H,25,27);6H,3-5,8H2,1-2H3;1-5H;2*4-6H2,1-3H3;1H/t11-,31?;6-;;;;/m00..../s1. The number of benzene rings is 3. The van der Waals surface area contributed by atoms with Crippen LogP contribution >= 0.6 is 36.3 Å². The fourth-order valence-electron chi connectivity index (χ4n) is 4.61. The average molecular weight is 1150 g/mol. The summed E-state index contributed by atoms with van der Waals surface area (Å²) in [5.41, 5.74) is 3.54. The van der Waals surface area contributed by atoms with Crippen molar-refractivity contribution in [3.63, 3.8) is 0 Å². The van der Waals surface area contributed by atoms with Gasteiger partial charge >= 0.3 is 25.8 Å². The SMILES string of the molecule is CCCCOC(=O)[C@H](C)NP(=O)(Oc1ccccc1)Oc1c(F)c(F)c(F)c(F)c1F.CCCCOC(=O)[C@H](C)[NH3+].CCN(CC)CC.CCN(CC)CC.O=P(Cl)(Cl)Oc1ccccc1.[I-]. The molecule has 0 fully saturated rings. The molecule has 0 saturated carbocycles. The van der Waals surface area contributed by atoms with Crippen molar-refractivity contribution < 1.29 is 93.4 Å². The molecule has 0 aliphatic rings. The van der Waals surface area contributed by atoms with Crippen LogP contribution in [0.15, 0.2) is 60.7 Å². The first kappa shape index (κ1) is 68.5. The number of nitrogens with zero attached hydrogens (tertiary/aromatic N) is 2. The molecule has 0 aliphatic heterocycles. The van der Waals surface area contributed by atoms with Crippen LogP contribution in [-0.2, 0) is 28.2 Å². The highest BCUT2D eigenvalue weighted by Crippen LogP contribution is 2.57. The van der Waals surface area contributed by atoms with E-state index in [9.17, 15) is 40.7 Å². The van der Waals surface area contributed by atoms with Crippen molar-refractivity contribution >= 4 is 48.2 Å². The predicted molar refractivity (Wildman–Crippen MR) is 252 cm³/mol. The van der Waals surface area contributed by atoms with Crippen molar-refractivity contribution in [1.82, 2.24) is 14.9 Å². The van der Waals surface area contributed by atoms with Gasteiger partial charge in [-0.2, -0.15) is 13.9 Å². The summed E-state index contributed by atoms with van der Waals surface area (Å²) in [5.74, 6) is -14.4. The van der Waals surface area contributed by atoms with E-state index in [0.717, 1.165) is 19.3 Å². The topological polar surface area (TPSA) is 161 Å². The zero-order valence-electron chi connectivity index (χ0n) is 40.1. The Hall–Kier alpha value is -2.74. The molecule has 3 rings (SSSR count). The lowest BCUT2D eigenvalue weighted by atomic mass is 10.3. The maximum atomic E-state index is 14.0. The van der Waals surface area contributed by atoms with Crippen LogP contribution < -0.4 is 48.4 Å². The third-order valence-electron chi connectivity index (χ3n) is 8.58. The van der Waals surface area contributed by atoms with Gasteiger partial charge in [0, 0.05) is 22.5 Å². The Kier molecular flexibility index (Phi) is 39.9. The number of ether oxygens (including phenoxy) is 2. The highest BCUT2D eigenvalue weighted by Gasteiger charge is 2.38. The van der Waals surface area contributed by atoms with Crippen LogP contribution in [0.25, 0.3) is 0 Å². The molecule has 0 aromatic heterocycles. The second kappa shape index (κ2) is 39.0. The molecule has 23 heteroatoms. The fraction of sp³-hybridized carbons (Fsp3) is 0.545. The van der Waals surface area contributed by atoms with Gasteiger partial charge in [-0.05, 0) is 90.2 Å². The van der Waals surface area contributed by atoms with E-state index in [2.05, 4.69) is 78.1 Å². The molecule has 3 atom stereocenters. The van der Waals surface area contributed by atoms with Crippen LogP contribution in [0.3, 0.4) is 0 Å². The van der Waals surface area contributed by atoms with Crippen molar-refractivity contribution in [3.8, 4) is 17.2 Å². The van der Waals surface area contributed by atoms with Crippen molar-refractivity contribution in [2.24, 2.45) is 0 Å². The molecule has 3 aromatic carbocycles. The summed E-state index contributed by atoms with van der Waals surface area (Å²) in [4.78, 5) is 27.5. The molecule has 386 valence electrons. The molecule has 0 radical (unpaired) electrons. The largest absolute Gasteiger partial charge is 1.00 e. The number of esters is 2. The highest BCUT2D eigenvalue weighted by atomic mass is 127. The smallest absolute Gasteiger partial charge is 0.513 e.